The molecule has 6 heteroatoms. The van der Waals surface area contributed by atoms with Crippen LogP contribution in [0.25, 0.3) is 0 Å². The summed E-state index contributed by atoms with van der Waals surface area (Å²) in [5.74, 6) is 0.778. The average molecular weight is 277 g/mol. The number of nitrogens with two attached hydrogens (primary N) is 1. The van der Waals surface area contributed by atoms with Crippen LogP contribution >= 0.6 is 24.0 Å². The Morgan fingerprint density at radius 2 is 2.06 bits per heavy atom. The van der Waals surface area contributed by atoms with Crippen LogP contribution in [0.3, 0.4) is 0 Å². The summed E-state index contributed by atoms with van der Waals surface area (Å²) >= 11 is 5.81. The third-order valence-corrected chi connectivity index (χ3v) is 3.15. The molecule has 3 N–H and O–H groups in total. The highest BCUT2D eigenvalue weighted by molar-refractivity contribution is 6.28. The molecule has 1 aliphatic carbocycles. The highest BCUT2D eigenvalue weighted by Crippen LogP contribution is 2.21. The lowest BCUT2D eigenvalue weighted by molar-refractivity contribution is 0.403. The predicted octanol–water partition coefficient (Wildman–Crippen LogP) is 2.54. The van der Waals surface area contributed by atoms with Crippen molar-refractivity contribution in [2.45, 2.75) is 44.7 Å². The molecule has 1 aromatic heterocycles. The van der Waals surface area contributed by atoms with E-state index in [1.807, 2.05) is 13.0 Å². The molecule has 0 spiro atoms. The van der Waals surface area contributed by atoms with Crippen LogP contribution in [0, 0.1) is 6.92 Å². The van der Waals surface area contributed by atoms with Gasteiger partial charge in [0.25, 0.3) is 0 Å². The Balaban J connectivity index is 0.00000144. The van der Waals surface area contributed by atoms with Crippen molar-refractivity contribution < 1.29 is 0 Å². The van der Waals surface area contributed by atoms with Crippen molar-refractivity contribution in [2.24, 2.45) is 5.73 Å². The lowest BCUT2D eigenvalue weighted by Crippen LogP contribution is -2.42. The van der Waals surface area contributed by atoms with E-state index in [1.165, 1.54) is 12.8 Å². The standard InChI is InChI=1S/C11H17ClN4.ClH/c1-7-6-10(16-11(12)14-7)15-9-5-3-2-4-8(9)13;/h6,8-9H,2-5,13H2,1H3,(H,14,15,16);1H. The molecule has 2 unspecified atom stereocenters. The minimum atomic E-state index is 0. The van der Waals surface area contributed by atoms with Gasteiger partial charge in [0.05, 0.1) is 0 Å². The molecule has 2 rings (SSSR count). The van der Waals surface area contributed by atoms with Crippen LogP contribution in [-0.2, 0) is 0 Å². The quantitative estimate of drug-likeness (QED) is 0.815. The number of hydrogen-bond donors (Lipinski definition) is 2. The van der Waals surface area contributed by atoms with Gasteiger partial charge in [-0.05, 0) is 31.4 Å². The molecule has 0 bridgehead atoms. The maximum atomic E-state index is 6.06. The van der Waals surface area contributed by atoms with E-state index in [4.69, 9.17) is 17.3 Å². The fourth-order valence-corrected chi connectivity index (χ4v) is 2.36. The zero-order valence-electron chi connectivity index (χ0n) is 9.82. The van der Waals surface area contributed by atoms with Gasteiger partial charge in [-0.1, -0.05) is 12.8 Å². The third kappa shape index (κ3) is 3.98. The number of aromatic nitrogens is 2. The smallest absolute Gasteiger partial charge is 0.224 e. The lowest BCUT2D eigenvalue weighted by Gasteiger charge is -2.29. The van der Waals surface area contributed by atoms with Gasteiger partial charge in [-0.25, -0.2) is 9.97 Å². The second-order valence-corrected chi connectivity index (χ2v) is 4.70. The van der Waals surface area contributed by atoms with E-state index in [0.29, 0.717) is 6.04 Å². The van der Waals surface area contributed by atoms with E-state index in [2.05, 4.69) is 15.3 Å². The molecule has 96 valence electrons. The summed E-state index contributed by atoms with van der Waals surface area (Å²) in [7, 11) is 0. The first-order valence-corrected chi connectivity index (χ1v) is 6.06. The second-order valence-electron chi connectivity index (χ2n) is 4.36. The highest BCUT2D eigenvalue weighted by Gasteiger charge is 2.21. The van der Waals surface area contributed by atoms with Crippen molar-refractivity contribution >= 4 is 29.8 Å². The highest BCUT2D eigenvalue weighted by atomic mass is 35.5. The van der Waals surface area contributed by atoms with Crippen LogP contribution in [0.2, 0.25) is 5.28 Å². The first-order chi connectivity index (χ1) is 7.65. The Kier molecular flexibility index (Phi) is 5.43. The Morgan fingerprint density at radius 1 is 1.35 bits per heavy atom. The Hall–Kier alpha value is -0.580. The number of aryl methyl sites for hydroxylation is 1. The first-order valence-electron chi connectivity index (χ1n) is 5.68. The van der Waals surface area contributed by atoms with Crippen LogP contribution < -0.4 is 11.1 Å². The normalized spacial score (nSPS) is 23.9. The van der Waals surface area contributed by atoms with Gasteiger partial charge in [-0.3, -0.25) is 0 Å². The van der Waals surface area contributed by atoms with Crippen molar-refractivity contribution in [3.05, 3.63) is 17.0 Å². The molecule has 0 aromatic carbocycles. The summed E-state index contributed by atoms with van der Waals surface area (Å²) in [6.45, 7) is 1.90. The molecule has 0 saturated heterocycles. The second kappa shape index (κ2) is 6.38. The molecule has 0 amide bonds. The van der Waals surface area contributed by atoms with E-state index in [-0.39, 0.29) is 23.7 Å². The van der Waals surface area contributed by atoms with Gasteiger partial charge in [-0.15, -0.1) is 12.4 Å². The van der Waals surface area contributed by atoms with Gasteiger partial charge in [0.2, 0.25) is 5.28 Å². The minimum Gasteiger partial charge on any atom is -0.366 e. The Morgan fingerprint density at radius 3 is 2.71 bits per heavy atom. The van der Waals surface area contributed by atoms with Crippen molar-refractivity contribution in [1.29, 1.82) is 0 Å². The lowest BCUT2D eigenvalue weighted by atomic mass is 9.91. The van der Waals surface area contributed by atoms with Crippen molar-refractivity contribution in [1.82, 2.24) is 9.97 Å². The topological polar surface area (TPSA) is 63.8 Å². The summed E-state index contributed by atoms with van der Waals surface area (Å²) in [6, 6.07) is 2.41. The SMILES string of the molecule is Cc1cc(NC2CCCCC2N)nc(Cl)n1.Cl. The molecule has 0 aliphatic heterocycles. The van der Waals surface area contributed by atoms with Crippen LogP contribution in [0.4, 0.5) is 5.82 Å². The largest absolute Gasteiger partial charge is 0.366 e. The van der Waals surface area contributed by atoms with Crippen LogP contribution in [-0.4, -0.2) is 22.1 Å². The van der Waals surface area contributed by atoms with Gasteiger partial charge >= 0.3 is 0 Å². The van der Waals surface area contributed by atoms with Crippen molar-refractivity contribution in [3.8, 4) is 0 Å². The summed E-state index contributed by atoms with van der Waals surface area (Å²) in [6.07, 6.45) is 4.63. The number of halogens is 2. The van der Waals surface area contributed by atoms with E-state index in [1.54, 1.807) is 0 Å². The molecule has 1 saturated carbocycles. The number of nitrogens with zero attached hydrogens (tertiary/aromatic N) is 2. The van der Waals surface area contributed by atoms with Gasteiger partial charge in [-0.2, -0.15) is 0 Å². The predicted molar refractivity (Wildman–Crippen MR) is 72.9 cm³/mol. The maximum absolute atomic E-state index is 6.06. The summed E-state index contributed by atoms with van der Waals surface area (Å²) in [5.41, 5.74) is 6.93. The monoisotopic (exact) mass is 276 g/mol. The third-order valence-electron chi connectivity index (χ3n) is 2.98. The van der Waals surface area contributed by atoms with Gasteiger partial charge in [0.1, 0.15) is 5.82 Å². The molecule has 17 heavy (non-hydrogen) atoms. The van der Waals surface area contributed by atoms with Gasteiger partial charge in [0, 0.05) is 23.8 Å². The van der Waals surface area contributed by atoms with Crippen molar-refractivity contribution in [3.63, 3.8) is 0 Å². The van der Waals surface area contributed by atoms with E-state index in [9.17, 15) is 0 Å². The Labute approximate surface area is 113 Å². The molecule has 1 aromatic rings. The molecule has 1 fully saturated rings. The summed E-state index contributed by atoms with van der Waals surface area (Å²) in [4.78, 5) is 8.18. The molecular formula is C11H18Cl2N4. The molecular weight excluding hydrogens is 259 g/mol. The number of rotatable bonds is 2. The first kappa shape index (κ1) is 14.5. The molecule has 2 atom stereocenters. The summed E-state index contributed by atoms with van der Waals surface area (Å²) in [5, 5.41) is 3.64. The summed E-state index contributed by atoms with van der Waals surface area (Å²) < 4.78 is 0. The molecule has 1 heterocycles. The number of anilines is 1. The maximum Gasteiger partial charge on any atom is 0.224 e. The zero-order chi connectivity index (χ0) is 11.5. The van der Waals surface area contributed by atoms with Gasteiger partial charge < -0.3 is 11.1 Å². The minimum absolute atomic E-state index is 0. The van der Waals surface area contributed by atoms with E-state index in [0.717, 1.165) is 24.4 Å². The number of nitrogens with one attached hydrogen (secondary N) is 1. The fourth-order valence-electron chi connectivity index (χ4n) is 2.13. The van der Waals surface area contributed by atoms with Gasteiger partial charge in [0.15, 0.2) is 0 Å². The van der Waals surface area contributed by atoms with E-state index < -0.39 is 0 Å². The van der Waals surface area contributed by atoms with Crippen molar-refractivity contribution in [2.75, 3.05) is 5.32 Å². The van der Waals surface area contributed by atoms with Crippen LogP contribution in [0.1, 0.15) is 31.4 Å². The van der Waals surface area contributed by atoms with Crippen LogP contribution in [0.15, 0.2) is 6.07 Å². The number of hydrogen-bond acceptors (Lipinski definition) is 4. The molecule has 1 aliphatic rings. The van der Waals surface area contributed by atoms with E-state index >= 15 is 0 Å². The zero-order valence-corrected chi connectivity index (χ0v) is 11.4. The molecule has 0 radical (unpaired) electrons. The fraction of sp³-hybridized carbons (Fsp3) is 0.636. The Bertz CT molecular complexity index is 352. The average Bonchev–Trinajstić information content (AvgIpc) is 2.20. The molecule has 4 nitrogen and oxygen atoms in total. The van der Waals surface area contributed by atoms with Crippen LogP contribution in [0.5, 0.6) is 0 Å².